The molecular formula is C13H26O7. The van der Waals surface area contributed by atoms with Crippen LogP contribution in [0, 0.1) is 0 Å². The van der Waals surface area contributed by atoms with Crippen molar-refractivity contribution in [1.82, 2.24) is 0 Å². The Hall–Kier alpha value is -0.890. The summed E-state index contributed by atoms with van der Waals surface area (Å²) in [7, 11) is 0. The van der Waals surface area contributed by atoms with Crippen LogP contribution < -0.4 is 0 Å². The monoisotopic (exact) mass is 294 g/mol. The first-order valence-electron chi connectivity index (χ1n) is 6.45. The first-order chi connectivity index (χ1) is 8.89. The normalized spacial score (nSPS) is 15.6. The number of rotatable bonds is 6. The molecule has 0 heterocycles. The van der Waals surface area contributed by atoms with Gasteiger partial charge in [0.25, 0.3) is 0 Å². The molecule has 2 atom stereocenters. The third-order valence-corrected chi connectivity index (χ3v) is 1.39. The molecule has 0 spiro atoms. The Morgan fingerprint density at radius 2 is 1.05 bits per heavy atom. The molecule has 120 valence electrons. The highest BCUT2D eigenvalue weighted by molar-refractivity contribution is 5.60. The fourth-order valence-corrected chi connectivity index (χ4v) is 0.762. The lowest BCUT2D eigenvalue weighted by Gasteiger charge is -2.22. The highest BCUT2D eigenvalue weighted by Gasteiger charge is 2.21. The smallest absolute Gasteiger partial charge is 0.402 e. The average molecular weight is 294 g/mol. The number of hydrogen-bond acceptors (Lipinski definition) is 7. The predicted molar refractivity (Wildman–Crippen MR) is 70.3 cm³/mol. The van der Waals surface area contributed by atoms with Crippen molar-refractivity contribution in [3.8, 4) is 0 Å². The van der Waals surface area contributed by atoms with Crippen LogP contribution >= 0.6 is 0 Å². The van der Waals surface area contributed by atoms with E-state index >= 15 is 0 Å². The molecular weight excluding hydrogens is 268 g/mol. The van der Waals surface area contributed by atoms with Gasteiger partial charge in [-0.15, -0.1) is 0 Å². The molecule has 0 fully saturated rings. The van der Waals surface area contributed by atoms with Crippen LogP contribution in [-0.2, 0) is 29.0 Å². The molecule has 20 heavy (non-hydrogen) atoms. The lowest BCUT2D eigenvalue weighted by Crippen LogP contribution is -2.29. The molecule has 7 nitrogen and oxygen atoms in total. The quantitative estimate of drug-likeness (QED) is 0.322. The van der Waals surface area contributed by atoms with Crippen LogP contribution in [-0.4, -0.2) is 29.9 Å². The van der Waals surface area contributed by atoms with Crippen LogP contribution in [0.2, 0.25) is 0 Å². The first-order valence-corrected chi connectivity index (χ1v) is 6.45. The van der Waals surface area contributed by atoms with Crippen LogP contribution in [0.5, 0.6) is 0 Å². The van der Waals surface area contributed by atoms with Gasteiger partial charge in [-0.3, -0.25) is 0 Å². The summed E-state index contributed by atoms with van der Waals surface area (Å²) in [6, 6.07) is 0. The van der Waals surface area contributed by atoms with Gasteiger partial charge in [0.2, 0.25) is 12.6 Å². The average Bonchev–Trinajstić information content (AvgIpc) is 2.21. The van der Waals surface area contributed by atoms with Gasteiger partial charge in [0.05, 0.1) is 11.2 Å². The van der Waals surface area contributed by atoms with E-state index in [1.54, 1.807) is 41.5 Å². The second-order valence-electron chi connectivity index (χ2n) is 6.20. The molecule has 0 aliphatic heterocycles. The van der Waals surface area contributed by atoms with E-state index in [1.165, 1.54) is 13.8 Å². The maximum Gasteiger partial charge on any atom is 0.513 e. The van der Waals surface area contributed by atoms with Crippen molar-refractivity contribution in [3.63, 3.8) is 0 Å². The molecule has 0 saturated carbocycles. The maximum atomic E-state index is 11.4. The van der Waals surface area contributed by atoms with E-state index in [0.717, 1.165) is 0 Å². The summed E-state index contributed by atoms with van der Waals surface area (Å²) in [5.74, 6) is 0. The standard InChI is InChI=1S/C13H26O7/c1-9(17-19-12(3,4)5)15-11(14)16-10(2)18-20-13(6,7)8/h9-10H,1-8H3. The molecule has 0 rings (SSSR count). The molecule has 0 aromatic rings. The molecule has 2 unspecified atom stereocenters. The minimum absolute atomic E-state index is 0.502. The van der Waals surface area contributed by atoms with Crippen molar-refractivity contribution >= 4 is 6.16 Å². The Labute approximate surface area is 120 Å². The maximum absolute atomic E-state index is 11.4. The predicted octanol–water partition coefficient (Wildman–Crippen LogP) is 3.33. The summed E-state index contributed by atoms with van der Waals surface area (Å²) in [4.78, 5) is 31.2. The Morgan fingerprint density at radius 3 is 1.30 bits per heavy atom. The molecule has 0 N–H and O–H groups in total. The van der Waals surface area contributed by atoms with Crippen molar-refractivity contribution in [2.24, 2.45) is 0 Å². The fraction of sp³-hybridized carbons (Fsp3) is 0.923. The Balaban J connectivity index is 3.92. The van der Waals surface area contributed by atoms with E-state index in [4.69, 9.17) is 29.0 Å². The minimum atomic E-state index is -0.944. The zero-order valence-electron chi connectivity index (χ0n) is 13.5. The van der Waals surface area contributed by atoms with Crippen LogP contribution in [0.25, 0.3) is 0 Å². The zero-order valence-corrected chi connectivity index (χ0v) is 13.5. The van der Waals surface area contributed by atoms with Gasteiger partial charge in [0.1, 0.15) is 0 Å². The number of carbonyl (C=O) groups is 1. The van der Waals surface area contributed by atoms with Crippen LogP contribution in [0.3, 0.4) is 0 Å². The topological polar surface area (TPSA) is 72.5 Å². The van der Waals surface area contributed by atoms with E-state index in [-0.39, 0.29) is 0 Å². The van der Waals surface area contributed by atoms with E-state index in [2.05, 4.69) is 0 Å². The van der Waals surface area contributed by atoms with Gasteiger partial charge in [-0.05, 0) is 41.5 Å². The van der Waals surface area contributed by atoms with Gasteiger partial charge in [0.15, 0.2) is 0 Å². The number of hydrogen-bond donors (Lipinski definition) is 0. The van der Waals surface area contributed by atoms with Gasteiger partial charge >= 0.3 is 6.16 Å². The Kier molecular flexibility index (Phi) is 7.43. The fourth-order valence-electron chi connectivity index (χ4n) is 0.762. The molecule has 0 amide bonds. The molecule has 0 radical (unpaired) electrons. The van der Waals surface area contributed by atoms with Gasteiger partial charge in [-0.2, -0.15) is 9.78 Å². The largest absolute Gasteiger partial charge is 0.513 e. The molecule has 0 bridgehead atoms. The van der Waals surface area contributed by atoms with Crippen molar-refractivity contribution in [3.05, 3.63) is 0 Å². The van der Waals surface area contributed by atoms with Gasteiger partial charge in [-0.1, -0.05) is 0 Å². The summed E-state index contributed by atoms with van der Waals surface area (Å²) in [5, 5.41) is 0. The van der Waals surface area contributed by atoms with E-state index in [9.17, 15) is 4.79 Å². The van der Waals surface area contributed by atoms with Gasteiger partial charge < -0.3 is 9.47 Å². The molecule has 7 heteroatoms. The number of ether oxygens (including phenoxy) is 2. The summed E-state index contributed by atoms with van der Waals surface area (Å²) >= 11 is 0. The molecule has 0 aliphatic carbocycles. The SMILES string of the molecule is CC(OOC(C)(C)C)OC(=O)OC(C)OOC(C)(C)C. The van der Waals surface area contributed by atoms with Crippen molar-refractivity contribution < 1.29 is 33.8 Å². The highest BCUT2D eigenvalue weighted by atomic mass is 17.2. The van der Waals surface area contributed by atoms with Crippen molar-refractivity contribution in [1.29, 1.82) is 0 Å². The second-order valence-corrected chi connectivity index (χ2v) is 6.20. The van der Waals surface area contributed by atoms with Gasteiger partial charge in [-0.25, -0.2) is 14.6 Å². The lowest BCUT2D eigenvalue weighted by molar-refractivity contribution is -0.416. The third-order valence-electron chi connectivity index (χ3n) is 1.39. The molecule has 0 aromatic heterocycles. The zero-order chi connectivity index (χ0) is 16.0. The molecule has 0 saturated heterocycles. The van der Waals surface area contributed by atoms with E-state index in [1.807, 2.05) is 0 Å². The van der Waals surface area contributed by atoms with E-state index in [0.29, 0.717) is 0 Å². The summed E-state index contributed by atoms with van der Waals surface area (Å²) in [6.45, 7) is 13.8. The van der Waals surface area contributed by atoms with Gasteiger partial charge in [0, 0.05) is 13.8 Å². The molecule has 0 aromatic carbocycles. The third kappa shape index (κ3) is 12.2. The Morgan fingerprint density at radius 1 is 0.750 bits per heavy atom. The van der Waals surface area contributed by atoms with Crippen LogP contribution in [0.1, 0.15) is 55.4 Å². The second kappa shape index (κ2) is 7.78. The molecule has 0 aliphatic rings. The minimum Gasteiger partial charge on any atom is -0.402 e. The summed E-state index contributed by atoms with van der Waals surface area (Å²) < 4.78 is 9.61. The lowest BCUT2D eigenvalue weighted by atomic mass is 10.2. The van der Waals surface area contributed by atoms with E-state index < -0.39 is 29.9 Å². The van der Waals surface area contributed by atoms with Crippen LogP contribution in [0.15, 0.2) is 0 Å². The first kappa shape index (κ1) is 19.1. The Bertz CT molecular complexity index is 262. The van der Waals surface area contributed by atoms with Crippen molar-refractivity contribution in [2.45, 2.75) is 79.2 Å². The highest BCUT2D eigenvalue weighted by Crippen LogP contribution is 2.12. The summed E-state index contributed by atoms with van der Waals surface area (Å²) in [5.41, 5.74) is -1.00. The van der Waals surface area contributed by atoms with Crippen molar-refractivity contribution in [2.75, 3.05) is 0 Å². The number of carbonyl (C=O) groups excluding carboxylic acids is 1. The van der Waals surface area contributed by atoms with Crippen LogP contribution in [0.4, 0.5) is 4.79 Å². The summed E-state index contributed by atoms with van der Waals surface area (Å²) in [6.07, 6.45) is -2.75.